The van der Waals surface area contributed by atoms with Crippen LogP contribution in [0.4, 0.5) is 0 Å². The normalized spacial score (nSPS) is 11.2. The lowest BCUT2D eigenvalue weighted by atomic mass is 9.82. The molecule has 0 saturated heterocycles. The zero-order valence-corrected chi connectivity index (χ0v) is 13.6. The summed E-state index contributed by atoms with van der Waals surface area (Å²) in [6, 6.07) is 6.34. The van der Waals surface area contributed by atoms with Crippen molar-refractivity contribution in [1.82, 2.24) is 10.3 Å². The SMILES string of the molecule is CCC(CC)(CNC(=O)c1ccc(-c2ccco2)[nH]c1=O)C(=O)O. The Labute approximate surface area is 138 Å². The minimum absolute atomic E-state index is 0.0342. The molecule has 2 aromatic rings. The maximum absolute atomic E-state index is 12.2. The predicted molar refractivity (Wildman–Crippen MR) is 87.7 cm³/mol. The number of carbonyl (C=O) groups is 2. The minimum atomic E-state index is -1.03. The highest BCUT2D eigenvalue weighted by Gasteiger charge is 2.35. The van der Waals surface area contributed by atoms with Crippen LogP contribution in [-0.4, -0.2) is 28.5 Å². The van der Waals surface area contributed by atoms with Crippen LogP contribution < -0.4 is 10.9 Å². The highest BCUT2D eigenvalue weighted by Crippen LogP contribution is 2.25. The van der Waals surface area contributed by atoms with E-state index in [0.29, 0.717) is 24.3 Å². The summed E-state index contributed by atoms with van der Waals surface area (Å²) in [5, 5.41) is 11.9. The number of carbonyl (C=O) groups excluding carboxylic acids is 1. The second-order valence-corrected chi connectivity index (χ2v) is 5.57. The van der Waals surface area contributed by atoms with Gasteiger partial charge >= 0.3 is 5.97 Å². The van der Waals surface area contributed by atoms with Crippen LogP contribution in [0.2, 0.25) is 0 Å². The third-order valence-electron chi connectivity index (χ3n) is 4.34. The van der Waals surface area contributed by atoms with Gasteiger partial charge in [-0.1, -0.05) is 13.8 Å². The van der Waals surface area contributed by atoms with E-state index in [1.54, 1.807) is 32.0 Å². The van der Waals surface area contributed by atoms with E-state index in [9.17, 15) is 19.5 Å². The summed E-state index contributed by atoms with van der Waals surface area (Å²) < 4.78 is 5.19. The zero-order valence-electron chi connectivity index (χ0n) is 13.6. The third kappa shape index (κ3) is 3.40. The highest BCUT2D eigenvalue weighted by molar-refractivity contribution is 5.94. The van der Waals surface area contributed by atoms with E-state index in [2.05, 4.69) is 10.3 Å². The van der Waals surface area contributed by atoms with Crippen molar-refractivity contribution in [3.05, 3.63) is 46.4 Å². The van der Waals surface area contributed by atoms with E-state index >= 15 is 0 Å². The molecule has 0 atom stereocenters. The fraction of sp³-hybridized carbons (Fsp3) is 0.353. The van der Waals surface area contributed by atoms with E-state index in [-0.39, 0.29) is 12.1 Å². The zero-order chi connectivity index (χ0) is 17.7. The molecule has 2 aromatic heterocycles. The van der Waals surface area contributed by atoms with E-state index < -0.39 is 22.9 Å². The summed E-state index contributed by atoms with van der Waals surface area (Å²) in [7, 11) is 0. The standard InChI is InChI=1S/C17H20N2O5/c1-3-17(4-2,16(22)23)10-18-14(20)11-7-8-12(19-15(11)21)13-6-5-9-24-13/h5-9H,3-4,10H2,1-2H3,(H,18,20)(H,19,21)(H,22,23). The molecule has 0 radical (unpaired) electrons. The lowest BCUT2D eigenvalue weighted by Crippen LogP contribution is -2.43. The number of hydrogen-bond donors (Lipinski definition) is 3. The largest absolute Gasteiger partial charge is 0.481 e. The molecule has 0 bridgehead atoms. The van der Waals surface area contributed by atoms with E-state index in [0.717, 1.165) is 0 Å². The number of aromatic amines is 1. The van der Waals surface area contributed by atoms with Gasteiger partial charge < -0.3 is 19.8 Å². The smallest absolute Gasteiger partial charge is 0.311 e. The highest BCUT2D eigenvalue weighted by atomic mass is 16.4. The van der Waals surface area contributed by atoms with Crippen LogP contribution >= 0.6 is 0 Å². The fourth-order valence-electron chi connectivity index (χ4n) is 2.45. The van der Waals surface area contributed by atoms with Gasteiger partial charge in [-0.15, -0.1) is 0 Å². The second kappa shape index (κ2) is 7.16. The number of hydrogen-bond acceptors (Lipinski definition) is 4. The molecule has 0 aliphatic rings. The molecule has 0 aliphatic carbocycles. The number of aromatic nitrogens is 1. The van der Waals surface area contributed by atoms with Gasteiger partial charge in [0.25, 0.3) is 11.5 Å². The lowest BCUT2D eigenvalue weighted by Gasteiger charge is -2.26. The van der Waals surface area contributed by atoms with Crippen LogP contribution in [-0.2, 0) is 4.79 Å². The molecule has 0 aromatic carbocycles. The van der Waals surface area contributed by atoms with Crippen molar-refractivity contribution in [2.45, 2.75) is 26.7 Å². The van der Waals surface area contributed by atoms with Gasteiger partial charge in [-0.25, -0.2) is 0 Å². The monoisotopic (exact) mass is 332 g/mol. The quantitative estimate of drug-likeness (QED) is 0.720. The topological polar surface area (TPSA) is 112 Å². The van der Waals surface area contributed by atoms with E-state index in [1.165, 1.54) is 12.3 Å². The number of furan rings is 1. The number of carboxylic acid groups (broad SMARTS) is 1. The van der Waals surface area contributed by atoms with Crippen LogP contribution in [0.5, 0.6) is 0 Å². The molecule has 0 unspecified atom stereocenters. The van der Waals surface area contributed by atoms with E-state index in [1.807, 2.05) is 0 Å². The van der Waals surface area contributed by atoms with Gasteiger partial charge in [-0.2, -0.15) is 0 Å². The van der Waals surface area contributed by atoms with Gasteiger partial charge in [-0.3, -0.25) is 14.4 Å². The van der Waals surface area contributed by atoms with Gasteiger partial charge in [0.15, 0.2) is 0 Å². The first kappa shape index (κ1) is 17.5. The molecule has 0 aliphatic heterocycles. The van der Waals surface area contributed by atoms with Crippen molar-refractivity contribution < 1.29 is 19.1 Å². The molecule has 0 saturated carbocycles. The van der Waals surface area contributed by atoms with Crippen molar-refractivity contribution in [3.63, 3.8) is 0 Å². The first-order valence-corrected chi connectivity index (χ1v) is 7.72. The number of aliphatic carboxylic acids is 1. The number of pyridine rings is 1. The Bertz CT molecular complexity index is 773. The van der Waals surface area contributed by atoms with Crippen LogP contribution in [0.1, 0.15) is 37.0 Å². The first-order valence-electron chi connectivity index (χ1n) is 7.72. The molecule has 7 nitrogen and oxygen atoms in total. The van der Waals surface area contributed by atoms with Crippen LogP contribution in [0, 0.1) is 5.41 Å². The maximum atomic E-state index is 12.2. The fourth-order valence-corrected chi connectivity index (χ4v) is 2.45. The summed E-state index contributed by atoms with van der Waals surface area (Å²) in [6.45, 7) is 3.48. The number of carboxylic acids is 1. The van der Waals surface area contributed by atoms with Crippen molar-refractivity contribution in [3.8, 4) is 11.5 Å². The molecular weight excluding hydrogens is 312 g/mol. The van der Waals surface area contributed by atoms with Gasteiger partial charge in [0.2, 0.25) is 0 Å². The molecule has 128 valence electrons. The number of nitrogens with one attached hydrogen (secondary N) is 2. The van der Waals surface area contributed by atoms with Gasteiger partial charge in [0.05, 0.1) is 17.4 Å². The van der Waals surface area contributed by atoms with E-state index in [4.69, 9.17) is 4.42 Å². The molecule has 3 N–H and O–H groups in total. The van der Waals surface area contributed by atoms with Gasteiger partial charge in [-0.05, 0) is 37.1 Å². The molecule has 2 heterocycles. The van der Waals surface area contributed by atoms with Crippen molar-refractivity contribution in [2.75, 3.05) is 6.54 Å². The molecular formula is C17H20N2O5. The Morgan fingerprint density at radius 1 is 1.25 bits per heavy atom. The lowest BCUT2D eigenvalue weighted by molar-refractivity contribution is -0.149. The molecule has 24 heavy (non-hydrogen) atoms. The Morgan fingerprint density at radius 3 is 2.46 bits per heavy atom. The summed E-state index contributed by atoms with van der Waals surface area (Å²) >= 11 is 0. The average Bonchev–Trinajstić information content (AvgIpc) is 3.10. The third-order valence-corrected chi connectivity index (χ3v) is 4.34. The summed E-state index contributed by atoms with van der Waals surface area (Å²) in [6.07, 6.45) is 2.25. The summed E-state index contributed by atoms with van der Waals surface area (Å²) in [4.78, 5) is 38.3. The molecule has 0 spiro atoms. The van der Waals surface area contributed by atoms with Crippen LogP contribution in [0.25, 0.3) is 11.5 Å². The Hall–Kier alpha value is -2.83. The Kier molecular flexibility index (Phi) is 5.23. The average molecular weight is 332 g/mol. The van der Waals surface area contributed by atoms with Crippen LogP contribution in [0.15, 0.2) is 39.7 Å². The summed E-state index contributed by atoms with van der Waals surface area (Å²) in [5.74, 6) is -1.08. The molecule has 1 amide bonds. The number of H-pyrrole nitrogens is 1. The molecule has 0 fully saturated rings. The van der Waals surface area contributed by atoms with Crippen molar-refractivity contribution >= 4 is 11.9 Å². The minimum Gasteiger partial charge on any atom is -0.481 e. The van der Waals surface area contributed by atoms with Crippen molar-refractivity contribution in [2.24, 2.45) is 5.41 Å². The first-order chi connectivity index (χ1) is 11.4. The molecule has 2 rings (SSSR count). The Balaban J connectivity index is 2.16. The van der Waals surface area contributed by atoms with Gasteiger partial charge in [0, 0.05) is 6.54 Å². The second-order valence-electron chi connectivity index (χ2n) is 5.57. The van der Waals surface area contributed by atoms with Crippen molar-refractivity contribution in [1.29, 1.82) is 0 Å². The number of rotatable bonds is 7. The van der Waals surface area contributed by atoms with Crippen LogP contribution in [0.3, 0.4) is 0 Å². The number of amides is 1. The summed E-state index contributed by atoms with van der Waals surface area (Å²) in [5.41, 5.74) is -1.20. The maximum Gasteiger partial charge on any atom is 0.311 e. The Morgan fingerprint density at radius 2 is 1.96 bits per heavy atom. The predicted octanol–water partition coefficient (Wildman–Crippen LogP) is 2.26. The molecule has 7 heteroatoms. The van der Waals surface area contributed by atoms with Gasteiger partial charge in [0.1, 0.15) is 11.3 Å².